The fraction of sp³-hybridized carbons (Fsp3) is 0.125. The van der Waals surface area contributed by atoms with Gasteiger partial charge in [-0.05, 0) is 12.1 Å². The highest BCUT2D eigenvalue weighted by atomic mass is 19.4. The van der Waals surface area contributed by atoms with Crippen molar-refractivity contribution < 1.29 is 32.2 Å². The van der Waals surface area contributed by atoms with Gasteiger partial charge in [-0.3, -0.25) is 5.32 Å². The Morgan fingerprint density at radius 3 is 2.50 bits per heavy atom. The van der Waals surface area contributed by atoms with E-state index in [1.165, 1.54) is 0 Å². The van der Waals surface area contributed by atoms with Crippen molar-refractivity contribution >= 4 is 11.8 Å². The molecule has 0 atom stereocenters. The first-order chi connectivity index (χ1) is 7.28. The van der Waals surface area contributed by atoms with Gasteiger partial charge in [0.05, 0.1) is 5.69 Å². The van der Waals surface area contributed by atoms with Gasteiger partial charge < -0.3 is 9.84 Å². The fourth-order valence-corrected chi connectivity index (χ4v) is 0.913. The van der Waals surface area contributed by atoms with E-state index in [-0.39, 0.29) is 0 Å². The van der Waals surface area contributed by atoms with Crippen LogP contribution in [0.2, 0.25) is 0 Å². The highest BCUT2D eigenvalue weighted by molar-refractivity contribution is 5.83. The lowest BCUT2D eigenvalue weighted by Gasteiger charge is -2.10. The van der Waals surface area contributed by atoms with Gasteiger partial charge in [0.2, 0.25) is 0 Å². The lowest BCUT2D eigenvalue weighted by Crippen LogP contribution is -2.17. The van der Waals surface area contributed by atoms with Crippen molar-refractivity contribution in [2.24, 2.45) is 0 Å². The van der Waals surface area contributed by atoms with Gasteiger partial charge in [-0.2, -0.15) is 0 Å². The maximum absolute atomic E-state index is 12.9. The summed E-state index contributed by atoms with van der Waals surface area (Å²) >= 11 is 0. The predicted molar refractivity (Wildman–Crippen MR) is 44.7 cm³/mol. The SMILES string of the molecule is O=C(O)Nc1cc(OC(F)(F)F)ccc1F. The molecule has 0 heterocycles. The first-order valence-corrected chi connectivity index (χ1v) is 3.83. The Labute approximate surface area is 86.4 Å². The number of rotatable bonds is 2. The van der Waals surface area contributed by atoms with Crippen molar-refractivity contribution in [1.29, 1.82) is 0 Å². The number of ether oxygens (including phenoxy) is 1. The minimum atomic E-state index is -4.92. The Bertz CT molecular complexity index is 405. The molecule has 0 unspecified atom stereocenters. The zero-order valence-electron chi connectivity index (χ0n) is 7.51. The van der Waals surface area contributed by atoms with Crippen LogP contribution in [0.5, 0.6) is 5.75 Å². The lowest BCUT2D eigenvalue weighted by molar-refractivity contribution is -0.274. The molecular weight excluding hydrogens is 234 g/mol. The van der Waals surface area contributed by atoms with Crippen molar-refractivity contribution in [3.05, 3.63) is 24.0 Å². The van der Waals surface area contributed by atoms with Crippen LogP contribution in [0, 0.1) is 5.82 Å². The van der Waals surface area contributed by atoms with E-state index in [1.54, 1.807) is 5.32 Å². The minimum Gasteiger partial charge on any atom is -0.465 e. The molecule has 4 nitrogen and oxygen atoms in total. The first kappa shape index (κ1) is 12.1. The Morgan fingerprint density at radius 2 is 2.00 bits per heavy atom. The topological polar surface area (TPSA) is 58.6 Å². The zero-order chi connectivity index (χ0) is 12.3. The summed E-state index contributed by atoms with van der Waals surface area (Å²) in [6.07, 6.45) is -6.51. The van der Waals surface area contributed by atoms with Crippen molar-refractivity contribution in [1.82, 2.24) is 0 Å². The van der Waals surface area contributed by atoms with Gasteiger partial charge >= 0.3 is 12.5 Å². The molecule has 0 fully saturated rings. The summed E-state index contributed by atoms with van der Waals surface area (Å²) < 4.78 is 51.7. The zero-order valence-corrected chi connectivity index (χ0v) is 7.51. The molecule has 8 heteroatoms. The van der Waals surface area contributed by atoms with Crippen molar-refractivity contribution in [2.45, 2.75) is 6.36 Å². The molecule has 2 N–H and O–H groups in total. The van der Waals surface area contributed by atoms with Gasteiger partial charge in [-0.25, -0.2) is 9.18 Å². The van der Waals surface area contributed by atoms with Gasteiger partial charge in [0.25, 0.3) is 0 Å². The van der Waals surface area contributed by atoms with Gasteiger partial charge in [0, 0.05) is 6.07 Å². The van der Waals surface area contributed by atoms with E-state index in [9.17, 15) is 22.4 Å². The van der Waals surface area contributed by atoms with E-state index >= 15 is 0 Å². The second-order valence-corrected chi connectivity index (χ2v) is 2.62. The molecule has 16 heavy (non-hydrogen) atoms. The summed E-state index contributed by atoms with van der Waals surface area (Å²) in [5, 5.41) is 9.87. The van der Waals surface area contributed by atoms with Crippen molar-refractivity contribution in [2.75, 3.05) is 5.32 Å². The van der Waals surface area contributed by atoms with Crippen LogP contribution in [0.3, 0.4) is 0 Å². The van der Waals surface area contributed by atoms with Crippen LogP contribution in [0.25, 0.3) is 0 Å². The standard InChI is InChI=1S/C8H5F4NO3/c9-5-2-1-4(16-8(10,11)12)3-6(5)13-7(14)15/h1-3,13H,(H,14,15). The molecule has 0 saturated carbocycles. The van der Waals surface area contributed by atoms with Gasteiger partial charge in [-0.15, -0.1) is 13.2 Å². The second-order valence-electron chi connectivity index (χ2n) is 2.62. The number of amides is 1. The second kappa shape index (κ2) is 4.25. The Balaban J connectivity index is 2.93. The Kier molecular flexibility index (Phi) is 3.21. The van der Waals surface area contributed by atoms with Crippen LogP contribution in [0.15, 0.2) is 18.2 Å². The largest absolute Gasteiger partial charge is 0.573 e. The molecule has 1 aromatic rings. The summed E-state index contributed by atoms with van der Waals surface area (Å²) in [4.78, 5) is 10.2. The molecule has 0 aliphatic rings. The average molecular weight is 239 g/mol. The molecular formula is C8H5F4NO3. The van der Waals surface area contributed by atoms with Gasteiger partial charge in [0.15, 0.2) is 0 Å². The number of halogens is 4. The molecule has 0 saturated heterocycles. The van der Waals surface area contributed by atoms with Gasteiger partial charge in [-0.1, -0.05) is 0 Å². The highest BCUT2D eigenvalue weighted by Crippen LogP contribution is 2.26. The molecule has 1 amide bonds. The molecule has 0 aliphatic carbocycles. The number of hydrogen-bond acceptors (Lipinski definition) is 2. The Morgan fingerprint density at radius 1 is 1.38 bits per heavy atom. The van der Waals surface area contributed by atoms with Crippen LogP contribution >= 0.6 is 0 Å². The average Bonchev–Trinajstić information content (AvgIpc) is 2.07. The minimum absolute atomic E-state index is 0.594. The van der Waals surface area contributed by atoms with Crippen LogP contribution in [0.4, 0.5) is 28.0 Å². The van der Waals surface area contributed by atoms with Crippen LogP contribution in [0.1, 0.15) is 0 Å². The quantitative estimate of drug-likeness (QED) is 0.780. The summed E-state index contributed by atoms with van der Waals surface area (Å²) in [6, 6.07) is 1.99. The number of hydrogen-bond donors (Lipinski definition) is 2. The lowest BCUT2D eigenvalue weighted by atomic mass is 10.3. The number of carboxylic acid groups (broad SMARTS) is 1. The molecule has 1 rings (SSSR count). The van der Waals surface area contributed by atoms with E-state index in [0.29, 0.717) is 12.1 Å². The molecule has 88 valence electrons. The predicted octanol–water partition coefficient (Wildman–Crippen LogP) is 2.81. The monoisotopic (exact) mass is 239 g/mol. The maximum Gasteiger partial charge on any atom is 0.573 e. The first-order valence-electron chi connectivity index (χ1n) is 3.83. The number of benzene rings is 1. The maximum atomic E-state index is 12.9. The summed E-state index contributed by atoms with van der Waals surface area (Å²) in [7, 11) is 0. The molecule has 1 aromatic carbocycles. The number of carbonyl (C=O) groups is 1. The van der Waals surface area contributed by atoms with Gasteiger partial charge in [0.1, 0.15) is 11.6 Å². The Hall–Kier alpha value is -1.99. The number of alkyl halides is 3. The number of nitrogens with one attached hydrogen (secondary N) is 1. The third kappa shape index (κ3) is 3.64. The summed E-state index contributed by atoms with van der Waals surface area (Å²) in [5.74, 6) is -1.71. The van der Waals surface area contributed by atoms with Crippen molar-refractivity contribution in [3.8, 4) is 5.75 Å². The molecule has 0 aromatic heterocycles. The fourth-order valence-electron chi connectivity index (χ4n) is 0.913. The van der Waals surface area contributed by atoms with E-state index < -0.39 is 29.7 Å². The highest BCUT2D eigenvalue weighted by Gasteiger charge is 2.31. The molecule has 0 bridgehead atoms. The van der Waals surface area contributed by atoms with E-state index in [4.69, 9.17) is 5.11 Å². The van der Waals surface area contributed by atoms with Crippen LogP contribution < -0.4 is 10.1 Å². The van der Waals surface area contributed by atoms with Crippen molar-refractivity contribution in [3.63, 3.8) is 0 Å². The number of anilines is 1. The third-order valence-electron chi connectivity index (χ3n) is 1.41. The van der Waals surface area contributed by atoms with E-state index in [2.05, 4.69) is 4.74 Å². The van der Waals surface area contributed by atoms with Crippen LogP contribution in [-0.2, 0) is 0 Å². The summed E-state index contributed by atoms with van der Waals surface area (Å²) in [5.41, 5.74) is -0.616. The molecule has 0 radical (unpaired) electrons. The van der Waals surface area contributed by atoms with E-state index in [0.717, 1.165) is 6.07 Å². The smallest absolute Gasteiger partial charge is 0.465 e. The van der Waals surface area contributed by atoms with E-state index in [1.807, 2.05) is 0 Å². The third-order valence-corrected chi connectivity index (χ3v) is 1.41. The molecule has 0 aliphatic heterocycles. The normalized spacial score (nSPS) is 11.0. The summed E-state index contributed by atoms with van der Waals surface area (Å²) in [6.45, 7) is 0. The van der Waals surface area contributed by atoms with Crippen LogP contribution in [-0.4, -0.2) is 17.6 Å². The molecule has 0 spiro atoms.